The minimum absolute atomic E-state index is 0.0467. The Morgan fingerprint density at radius 1 is 1.37 bits per heavy atom. The summed E-state index contributed by atoms with van der Waals surface area (Å²) in [5, 5.41) is 7.32. The maximum Gasteiger partial charge on any atom is 0.239 e. The molecule has 0 saturated carbocycles. The van der Waals surface area contributed by atoms with Crippen LogP contribution in [-0.2, 0) is 9.59 Å². The van der Waals surface area contributed by atoms with E-state index in [9.17, 15) is 9.59 Å². The first-order valence-electron chi connectivity index (χ1n) is 6.28. The Hall–Kier alpha value is -1.40. The lowest BCUT2D eigenvalue weighted by Gasteiger charge is -2.16. The first kappa shape index (κ1) is 15.7. The van der Waals surface area contributed by atoms with Crippen LogP contribution in [-0.4, -0.2) is 24.4 Å². The highest BCUT2D eigenvalue weighted by Crippen LogP contribution is 2.17. The summed E-state index contributed by atoms with van der Waals surface area (Å²) in [6, 6.07) is 3.26. The number of carbonyl (C=O) groups is 2. The quantitative estimate of drug-likeness (QED) is 0.729. The van der Waals surface area contributed by atoms with E-state index in [1.54, 1.807) is 11.3 Å². The van der Waals surface area contributed by atoms with Crippen molar-refractivity contribution in [2.75, 3.05) is 6.54 Å². The summed E-state index contributed by atoms with van der Waals surface area (Å²) in [6.45, 7) is 5.59. The van der Waals surface area contributed by atoms with Crippen LogP contribution in [0.5, 0.6) is 0 Å². The largest absolute Gasteiger partial charge is 0.347 e. The van der Waals surface area contributed by atoms with Crippen molar-refractivity contribution in [3.63, 3.8) is 0 Å². The molecular weight excluding hydrogens is 262 g/mol. The fraction of sp³-hybridized carbons (Fsp3) is 0.538. The molecular formula is C13H21N3O2S. The molecule has 2 atom stereocenters. The van der Waals surface area contributed by atoms with Gasteiger partial charge in [0.25, 0.3) is 0 Å². The average molecular weight is 283 g/mol. The Kier molecular flexibility index (Phi) is 5.98. The minimum Gasteiger partial charge on any atom is -0.347 e. The molecule has 106 valence electrons. The summed E-state index contributed by atoms with van der Waals surface area (Å²) in [6.07, 6.45) is 0. The third kappa shape index (κ3) is 5.00. The van der Waals surface area contributed by atoms with Crippen molar-refractivity contribution in [1.29, 1.82) is 0 Å². The van der Waals surface area contributed by atoms with E-state index in [1.165, 1.54) is 0 Å². The van der Waals surface area contributed by atoms with Gasteiger partial charge in [-0.2, -0.15) is 0 Å². The zero-order valence-corrected chi connectivity index (χ0v) is 12.3. The second-order valence-corrected chi connectivity index (χ2v) is 5.77. The van der Waals surface area contributed by atoms with Crippen LogP contribution in [0.3, 0.4) is 0 Å². The zero-order chi connectivity index (χ0) is 14.4. The maximum atomic E-state index is 11.7. The molecule has 6 heteroatoms. The predicted octanol–water partition coefficient (Wildman–Crippen LogP) is 1.02. The standard InChI is InChI=1S/C13H21N3O2S/c1-8(2)12(14)13(18)15-7-11(17)16-9(3)10-5-4-6-19-10/h4-6,8-9,12H,7,14H2,1-3H3,(H,15,18)(H,16,17)/t9?,12-/m0/s1. The number of hydrogen-bond acceptors (Lipinski definition) is 4. The molecule has 1 heterocycles. The van der Waals surface area contributed by atoms with Crippen molar-refractivity contribution in [3.8, 4) is 0 Å². The third-order valence-corrected chi connectivity index (χ3v) is 3.85. The van der Waals surface area contributed by atoms with E-state index in [2.05, 4.69) is 10.6 Å². The molecule has 0 radical (unpaired) electrons. The molecule has 0 aliphatic heterocycles. The minimum atomic E-state index is -0.581. The predicted molar refractivity (Wildman–Crippen MR) is 76.7 cm³/mol. The van der Waals surface area contributed by atoms with Gasteiger partial charge < -0.3 is 16.4 Å². The van der Waals surface area contributed by atoms with Crippen molar-refractivity contribution < 1.29 is 9.59 Å². The average Bonchev–Trinajstić information content (AvgIpc) is 2.88. The number of nitrogens with one attached hydrogen (secondary N) is 2. The second kappa shape index (κ2) is 7.25. The molecule has 1 aromatic rings. The van der Waals surface area contributed by atoms with Gasteiger partial charge in [-0.25, -0.2) is 0 Å². The lowest BCUT2D eigenvalue weighted by Crippen LogP contribution is -2.47. The summed E-state index contributed by atoms with van der Waals surface area (Å²) in [4.78, 5) is 24.4. The molecule has 2 amide bonds. The van der Waals surface area contributed by atoms with Crippen molar-refractivity contribution in [1.82, 2.24) is 10.6 Å². The Bertz CT molecular complexity index is 418. The van der Waals surface area contributed by atoms with Crippen molar-refractivity contribution in [3.05, 3.63) is 22.4 Å². The van der Waals surface area contributed by atoms with Crippen LogP contribution in [0.15, 0.2) is 17.5 Å². The Balaban J connectivity index is 2.34. The molecule has 0 aliphatic carbocycles. The molecule has 1 aromatic heterocycles. The third-order valence-electron chi connectivity index (χ3n) is 2.79. The summed E-state index contributed by atoms with van der Waals surface area (Å²) in [5.41, 5.74) is 5.68. The number of amides is 2. The Labute approximate surface area is 117 Å². The van der Waals surface area contributed by atoms with Gasteiger partial charge in [0.1, 0.15) is 0 Å². The van der Waals surface area contributed by atoms with Crippen LogP contribution in [0.2, 0.25) is 0 Å². The Morgan fingerprint density at radius 3 is 2.58 bits per heavy atom. The van der Waals surface area contributed by atoms with Crippen LogP contribution in [0, 0.1) is 5.92 Å². The zero-order valence-electron chi connectivity index (χ0n) is 11.5. The molecule has 1 rings (SSSR count). The van der Waals surface area contributed by atoms with Gasteiger partial charge in [-0.1, -0.05) is 19.9 Å². The lowest BCUT2D eigenvalue weighted by atomic mass is 10.1. The highest BCUT2D eigenvalue weighted by molar-refractivity contribution is 7.10. The Morgan fingerprint density at radius 2 is 2.05 bits per heavy atom. The fourth-order valence-corrected chi connectivity index (χ4v) is 2.22. The molecule has 0 saturated heterocycles. The van der Waals surface area contributed by atoms with Crippen molar-refractivity contribution in [2.24, 2.45) is 11.7 Å². The van der Waals surface area contributed by atoms with Gasteiger partial charge in [-0.3, -0.25) is 9.59 Å². The summed E-state index contributed by atoms with van der Waals surface area (Å²) in [7, 11) is 0. The SMILES string of the molecule is CC(NC(=O)CNC(=O)[C@@H](N)C(C)C)c1cccs1. The van der Waals surface area contributed by atoms with Gasteiger partial charge in [0.2, 0.25) is 11.8 Å². The molecule has 4 N–H and O–H groups in total. The number of rotatable bonds is 6. The van der Waals surface area contributed by atoms with E-state index in [-0.39, 0.29) is 30.3 Å². The van der Waals surface area contributed by atoms with Crippen LogP contribution < -0.4 is 16.4 Å². The van der Waals surface area contributed by atoms with Gasteiger partial charge in [0.15, 0.2) is 0 Å². The number of nitrogens with two attached hydrogens (primary N) is 1. The highest BCUT2D eigenvalue weighted by atomic mass is 32.1. The van der Waals surface area contributed by atoms with Crippen LogP contribution in [0.1, 0.15) is 31.7 Å². The molecule has 5 nitrogen and oxygen atoms in total. The topological polar surface area (TPSA) is 84.2 Å². The monoisotopic (exact) mass is 283 g/mol. The van der Waals surface area contributed by atoms with E-state index < -0.39 is 6.04 Å². The van der Waals surface area contributed by atoms with Gasteiger partial charge in [-0.05, 0) is 24.3 Å². The van der Waals surface area contributed by atoms with Crippen LogP contribution in [0.4, 0.5) is 0 Å². The number of thiophene rings is 1. The van der Waals surface area contributed by atoms with E-state index in [0.29, 0.717) is 0 Å². The first-order valence-corrected chi connectivity index (χ1v) is 7.15. The lowest BCUT2D eigenvalue weighted by molar-refractivity contribution is -0.127. The summed E-state index contributed by atoms with van der Waals surface area (Å²) >= 11 is 1.58. The van der Waals surface area contributed by atoms with Crippen molar-refractivity contribution >= 4 is 23.2 Å². The number of carbonyl (C=O) groups excluding carboxylic acids is 2. The molecule has 19 heavy (non-hydrogen) atoms. The maximum absolute atomic E-state index is 11.7. The molecule has 0 aromatic carbocycles. The van der Waals surface area contributed by atoms with E-state index in [4.69, 9.17) is 5.73 Å². The normalized spacial score (nSPS) is 13.9. The smallest absolute Gasteiger partial charge is 0.239 e. The summed E-state index contributed by atoms with van der Waals surface area (Å²) in [5.74, 6) is -0.466. The molecule has 0 spiro atoms. The van der Waals surface area contributed by atoms with Gasteiger partial charge in [0, 0.05) is 4.88 Å². The fourth-order valence-electron chi connectivity index (χ4n) is 1.49. The number of hydrogen-bond donors (Lipinski definition) is 3. The van der Waals surface area contributed by atoms with E-state index in [1.807, 2.05) is 38.3 Å². The van der Waals surface area contributed by atoms with Crippen molar-refractivity contribution in [2.45, 2.75) is 32.9 Å². The molecule has 0 fully saturated rings. The van der Waals surface area contributed by atoms with E-state index >= 15 is 0 Å². The van der Waals surface area contributed by atoms with E-state index in [0.717, 1.165) is 4.88 Å². The van der Waals surface area contributed by atoms with Crippen LogP contribution in [0.25, 0.3) is 0 Å². The first-order chi connectivity index (χ1) is 8.91. The molecule has 1 unspecified atom stereocenters. The molecule has 0 aliphatic rings. The second-order valence-electron chi connectivity index (χ2n) is 4.79. The summed E-state index contributed by atoms with van der Waals surface area (Å²) < 4.78 is 0. The highest BCUT2D eigenvalue weighted by Gasteiger charge is 2.18. The molecule has 0 bridgehead atoms. The van der Waals surface area contributed by atoms with Gasteiger partial charge in [-0.15, -0.1) is 11.3 Å². The van der Waals surface area contributed by atoms with Crippen LogP contribution >= 0.6 is 11.3 Å². The van der Waals surface area contributed by atoms with Gasteiger partial charge in [0.05, 0.1) is 18.6 Å². The van der Waals surface area contributed by atoms with Gasteiger partial charge >= 0.3 is 0 Å².